The number of rotatable bonds is 2. The summed E-state index contributed by atoms with van der Waals surface area (Å²) in [6.45, 7) is 3.31. The molecule has 0 aliphatic carbocycles. The average molecular weight is 250 g/mol. The van der Waals surface area contributed by atoms with Gasteiger partial charge < -0.3 is 10.2 Å². The van der Waals surface area contributed by atoms with Crippen molar-refractivity contribution in [2.24, 2.45) is 0 Å². The van der Waals surface area contributed by atoms with Gasteiger partial charge >= 0.3 is 0 Å². The van der Waals surface area contributed by atoms with Gasteiger partial charge in [-0.2, -0.15) is 0 Å². The lowest BCUT2D eigenvalue weighted by Gasteiger charge is -2.25. The van der Waals surface area contributed by atoms with Gasteiger partial charge in [0.2, 0.25) is 11.8 Å². The summed E-state index contributed by atoms with van der Waals surface area (Å²) in [4.78, 5) is 26.7. The molecular formula is C12H14N2O2S. The van der Waals surface area contributed by atoms with Gasteiger partial charge in [-0.25, -0.2) is 0 Å². The minimum absolute atomic E-state index is 0.0926. The van der Waals surface area contributed by atoms with Crippen LogP contribution in [-0.4, -0.2) is 36.3 Å². The van der Waals surface area contributed by atoms with E-state index in [4.69, 9.17) is 0 Å². The second kappa shape index (κ2) is 5.14. The normalized spacial score (nSPS) is 16.3. The van der Waals surface area contributed by atoms with Crippen molar-refractivity contribution >= 4 is 29.2 Å². The zero-order valence-electron chi connectivity index (χ0n) is 9.60. The summed E-state index contributed by atoms with van der Waals surface area (Å²) < 4.78 is 0. The van der Waals surface area contributed by atoms with Gasteiger partial charge in [-0.05, 0) is 25.1 Å². The molecule has 1 N–H and O–H groups in total. The highest BCUT2D eigenvalue weighted by atomic mass is 32.1. The molecule has 1 aliphatic rings. The third kappa shape index (κ3) is 3.17. The number of nitrogens with zero attached hydrogens (tertiary/aromatic N) is 1. The Bertz CT molecular complexity index is 465. The maximum atomic E-state index is 11.8. The maximum Gasteiger partial charge on any atom is 0.247 e. The van der Waals surface area contributed by atoms with E-state index in [1.807, 2.05) is 19.1 Å². The highest BCUT2D eigenvalue weighted by Gasteiger charge is 2.18. The molecule has 4 nitrogen and oxygen atoms in total. The summed E-state index contributed by atoms with van der Waals surface area (Å²) >= 11 is 1.64. The van der Waals surface area contributed by atoms with Gasteiger partial charge in [0.25, 0.3) is 0 Å². The lowest BCUT2D eigenvalue weighted by molar-refractivity contribution is -0.134. The van der Waals surface area contributed by atoms with Crippen LogP contribution in [-0.2, 0) is 9.59 Å². The number of piperazine rings is 1. The van der Waals surface area contributed by atoms with E-state index in [1.165, 1.54) is 11.0 Å². The Morgan fingerprint density at radius 1 is 1.53 bits per heavy atom. The predicted molar refractivity (Wildman–Crippen MR) is 67.7 cm³/mol. The molecule has 1 saturated heterocycles. The van der Waals surface area contributed by atoms with Gasteiger partial charge in [0, 0.05) is 28.9 Å². The van der Waals surface area contributed by atoms with Crippen LogP contribution in [0, 0.1) is 6.92 Å². The van der Waals surface area contributed by atoms with Crippen molar-refractivity contribution < 1.29 is 9.59 Å². The van der Waals surface area contributed by atoms with Crippen molar-refractivity contribution in [3.8, 4) is 0 Å². The van der Waals surface area contributed by atoms with Crippen LogP contribution >= 0.6 is 11.3 Å². The van der Waals surface area contributed by atoms with Crippen molar-refractivity contribution in [1.82, 2.24) is 10.2 Å². The van der Waals surface area contributed by atoms with E-state index < -0.39 is 0 Å². The van der Waals surface area contributed by atoms with Crippen LogP contribution in [0.5, 0.6) is 0 Å². The summed E-state index contributed by atoms with van der Waals surface area (Å²) in [5, 5.41) is 2.69. The van der Waals surface area contributed by atoms with Gasteiger partial charge in [-0.1, -0.05) is 0 Å². The number of hydrogen-bond donors (Lipinski definition) is 1. The molecule has 2 rings (SSSR count). The molecule has 1 fully saturated rings. The third-order valence-electron chi connectivity index (χ3n) is 2.50. The molecule has 0 spiro atoms. The number of nitrogens with one attached hydrogen (secondary N) is 1. The summed E-state index contributed by atoms with van der Waals surface area (Å²) in [5.41, 5.74) is 0. The fourth-order valence-corrected chi connectivity index (χ4v) is 2.41. The molecule has 5 heteroatoms. The van der Waals surface area contributed by atoms with Crippen LogP contribution < -0.4 is 5.32 Å². The minimum atomic E-state index is -0.106. The Morgan fingerprint density at radius 3 is 3.00 bits per heavy atom. The molecule has 0 aromatic carbocycles. The van der Waals surface area contributed by atoms with E-state index in [1.54, 1.807) is 22.3 Å². The Labute approximate surface area is 104 Å². The van der Waals surface area contributed by atoms with Gasteiger partial charge in [0.15, 0.2) is 0 Å². The quantitative estimate of drug-likeness (QED) is 0.797. The van der Waals surface area contributed by atoms with Crippen LogP contribution in [0.3, 0.4) is 0 Å². The lowest BCUT2D eigenvalue weighted by atomic mass is 10.3. The maximum absolute atomic E-state index is 11.8. The molecule has 17 heavy (non-hydrogen) atoms. The number of carbonyl (C=O) groups is 2. The first-order valence-corrected chi connectivity index (χ1v) is 6.27. The Kier molecular flexibility index (Phi) is 3.58. The fraction of sp³-hybridized carbons (Fsp3) is 0.333. The first kappa shape index (κ1) is 11.9. The topological polar surface area (TPSA) is 49.4 Å². The van der Waals surface area contributed by atoms with Gasteiger partial charge in [0.05, 0.1) is 6.54 Å². The first-order chi connectivity index (χ1) is 8.15. The van der Waals surface area contributed by atoms with Crippen LogP contribution in [0.2, 0.25) is 0 Å². The predicted octanol–water partition coefficient (Wildman–Crippen LogP) is 1.03. The summed E-state index contributed by atoms with van der Waals surface area (Å²) in [5.74, 6) is -0.198. The first-order valence-electron chi connectivity index (χ1n) is 5.45. The second-order valence-corrected chi connectivity index (χ2v) is 5.21. The standard InChI is InChI=1S/C12H14N2O2S/c1-9-2-3-10(17-9)4-5-12(16)14-7-6-13-11(15)8-14/h2-5H,6-8H2,1H3,(H,13,15). The fourth-order valence-electron chi connectivity index (χ4n) is 1.63. The molecule has 0 bridgehead atoms. The zero-order chi connectivity index (χ0) is 12.3. The minimum Gasteiger partial charge on any atom is -0.353 e. The molecule has 1 aliphatic heterocycles. The van der Waals surface area contributed by atoms with E-state index in [-0.39, 0.29) is 18.4 Å². The van der Waals surface area contributed by atoms with Crippen molar-refractivity contribution in [2.75, 3.05) is 19.6 Å². The van der Waals surface area contributed by atoms with E-state index >= 15 is 0 Å². The van der Waals surface area contributed by atoms with Crippen molar-refractivity contribution in [3.05, 3.63) is 28.0 Å². The Morgan fingerprint density at radius 2 is 2.35 bits per heavy atom. The summed E-state index contributed by atoms with van der Waals surface area (Å²) in [6, 6.07) is 4.00. The number of carbonyl (C=O) groups excluding carboxylic acids is 2. The van der Waals surface area contributed by atoms with Crippen molar-refractivity contribution in [3.63, 3.8) is 0 Å². The lowest BCUT2D eigenvalue weighted by Crippen LogP contribution is -2.49. The molecule has 0 radical (unpaired) electrons. The van der Waals surface area contributed by atoms with E-state index in [2.05, 4.69) is 5.32 Å². The Balaban J connectivity index is 1.96. The van der Waals surface area contributed by atoms with Crippen molar-refractivity contribution in [1.29, 1.82) is 0 Å². The van der Waals surface area contributed by atoms with E-state index in [9.17, 15) is 9.59 Å². The molecule has 1 aromatic heterocycles. The average Bonchev–Trinajstić information content (AvgIpc) is 2.72. The largest absolute Gasteiger partial charge is 0.353 e. The molecule has 0 saturated carbocycles. The number of amides is 2. The molecule has 1 aromatic rings. The van der Waals surface area contributed by atoms with Gasteiger partial charge in [-0.3, -0.25) is 9.59 Å². The van der Waals surface area contributed by atoms with Crippen LogP contribution in [0.1, 0.15) is 9.75 Å². The molecule has 2 amide bonds. The summed E-state index contributed by atoms with van der Waals surface area (Å²) in [6.07, 6.45) is 3.33. The smallest absolute Gasteiger partial charge is 0.247 e. The van der Waals surface area contributed by atoms with Crippen LogP contribution in [0.25, 0.3) is 6.08 Å². The van der Waals surface area contributed by atoms with Crippen LogP contribution in [0.15, 0.2) is 18.2 Å². The number of hydrogen-bond acceptors (Lipinski definition) is 3. The molecular weight excluding hydrogens is 236 g/mol. The van der Waals surface area contributed by atoms with Gasteiger partial charge in [0.1, 0.15) is 0 Å². The number of thiophene rings is 1. The highest BCUT2D eigenvalue weighted by molar-refractivity contribution is 7.12. The monoisotopic (exact) mass is 250 g/mol. The van der Waals surface area contributed by atoms with Gasteiger partial charge in [-0.15, -0.1) is 11.3 Å². The molecule has 0 unspecified atom stereocenters. The Hall–Kier alpha value is -1.62. The van der Waals surface area contributed by atoms with Crippen LogP contribution in [0.4, 0.5) is 0 Å². The third-order valence-corrected chi connectivity index (χ3v) is 3.47. The van der Waals surface area contributed by atoms with Crippen molar-refractivity contribution in [2.45, 2.75) is 6.92 Å². The summed E-state index contributed by atoms with van der Waals surface area (Å²) in [7, 11) is 0. The number of aryl methyl sites for hydroxylation is 1. The molecule has 90 valence electrons. The highest BCUT2D eigenvalue weighted by Crippen LogP contribution is 2.16. The SMILES string of the molecule is Cc1ccc(C=CC(=O)N2CCNC(=O)C2)s1. The molecule has 0 atom stereocenters. The second-order valence-electron chi connectivity index (χ2n) is 3.89. The van der Waals surface area contributed by atoms with E-state index in [0.29, 0.717) is 13.1 Å². The molecule has 2 heterocycles. The van der Waals surface area contributed by atoms with E-state index in [0.717, 1.165) is 4.88 Å². The zero-order valence-corrected chi connectivity index (χ0v) is 10.4.